The summed E-state index contributed by atoms with van der Waals surface area (Å²) in [5.74, 6) is -1.93. The number of nitrogens with zero attached hydrogens (tertiary/aromatic N) is 1. The van der Waals surface area contributed by atoms with Crippen molar-refractivity contribution >= 4 is 23.8 Å². The quantitative estimate of drug-likeness (QED) is 0.439. The molecule has 4 amide bonds. The maximum absolute atomic E-state index is 13.6. The number of hydrogen-bond donors (Lipinski definition) is 4. The van der Waals surface area contributed by atoms with Crippen molar-refractivity contribution in [2.24, 2.45) is 5.73 Å². The second-order valence-electron chi connectivity index (χ2n) is 9.37. The van der Waals surface area contributed by atoms with Gasteiger partial charge < -0.3 is 31.1 Å². The molecule has 0 saturated carbocycles. The largest absolute Gasteiger partial charge is 0.508 e. The highest BCUT2D eigenvalue weighted by molar-refractivity contribution is 5.94. The van der Waals surface area contributed by atoms with E-state index in [-0.39, 0.29) is 11.8 Å². The number of carbonyl (C=O) groups excluding carboxylic acids is 4. The van der Waals surface area contributed by atoms with Crippen molar-refractivity contribution in [3.8, 4) is 5.75 Å². The predicted octanol–water partition coefficient (Wildman–Crippen LogP) is 1.96. The van der Waals surface area contributed by atoms with Gasteiger partial charge in [-0.05, 0) is 66.2 Å². The van der Waals surface area contributed by atoms with E-state index in [9.17, 15) is 24.3 Å². The number of primary amides is 1. The molecule has 1 aromatic carbocycles. The summed E-state index contributed by atoms with van der Waals surface area (Å²) in [6.45, 7) is 12.0. The third-order valence-electron chi connectivity index (χ3n) is 4.37. The molecule has 33 heavy (non-hydrogen) atoms. The van der Waals surface area contributed by atoms with Crippen LogP contribution in [0.5, 0.6) is 5.75 Å². The lowest BCUT2D eigenvalue weighted by molar-refractivity contribution is -0.145. The molecule has 0 heterocycles. The van der Waals surface area contributed by atoms with Gasteiger partial charge in [-0.3, -0.25) is 14.4 Å². The summed E-state index contributed by atoms with van der Waals surface area (Å²) in [4.78, 5) is 52.1. The predicted molar refractivity (Wildman–Crippen MR) is 123 cm³/mol. The minimum absolute atomic E-state index is 0.00221. The van der Waals surface area contributed by atoms with Crippen LogP contribution in [0.15, 0.2) is 24.3 Å². The van der Waals surface area contributed by atoms with Crippen LogP contribution < -0.4 is 16.4 Å². The monoisotopic (exact) mass is 464 g/mol. The highest BCUT2D eigenvalue weighted by Gasteiger charge is 2.38. The Kier molecular flexibility index (Phi) is 9.69. The van der Waals surface area contributed by atoms with Crippen molar-refractivity contribution in [2.75, 3.05) is 0 Å². The highest BCUT2D eigenvalue weighted by atomic mass is 16.6. The molecular formula is C23H36N4O6. The van der Waals surface area contributed by atoms with Gasteiger partial charge in [-0.1, -0.05) is 12.1 Å². The molecule has 1 aromatic rings. The summed E-state index contributed by atoms with van der Waals surface area (Å²) in [6.07, 6.45) is -1.37. The summed E-state index contributed by atoms with van der Waals surface area (Å²) in [5, 5.41) is 14.9. The zero-order valence-corrected chi connectivity index (χ0v) is 20.3. The highest BCUT2D eigenvalue weighted by Crippen LogP contribution is 2.27. The van der Waals surface area contributed by atoms with Gasteiger partial charge in [-0.2, -0.15) is 0 Å². The fourth-order valence-corrected chi connectivity index (χ4v) is 3.17. The molecule has 2 atom stereocenters. The van der Waals surface area contributed by atoms with Gasteiger partial charge in [0.2, 0.25) is 17.7 Å². The third-order valence-corrected chi connectivity index (χ3v) is 4.37. The van der Waals surface area contributed by atoms with Crippen LogP contribution in [0.4, 0.5) is 4.79 Å². The summed E-state index contributed by atoms with van der Waals surface area (Å²) >= 11 is 0. The Balaban J connectivity index is 3.43. The molecule has 1 rings (SSSR count). The fourth-order valence-electron chi connectivity index (χ4n) is 3.17. The number of alkyl carbamates (subject to hydrolysis) is 1. The number of phenolic OH excluding ortho intramolecular Hbond substituents is 1. The van der Waals surface area contributed by atoms with Crippen molar-refractivity contribution in [2.45, 2.75) is 84.7 Å². The van der Waals surface area contributed by atoms with E-state index >= 15 is 0 Å². The Morgan fingerprint density at radius 1 is 1.03 bits per heavy atom. The van der Waals surface area contributed by atoms with Gasteiger partial charge in [-0.15, -0.1) is 0 Å². The van der Waals surface area contributed by atoms with Crippen molar-refractivity contribution < 1.29 is 29.0 Å². The van der Waals surface area contributed by atoms with Crippen molar-refractivity contribution in [3.63, 3.8) is 0 Å². The Morgan fingerprint density at radius 2 is 1.58 bits per heavy atom. The number of benzene rings is 1. The molecule has 5 N–H and O–H groups in total. The van der Waals surface area contributed by atoms with E-state index in [0.29, 0.717) is 5.56 Å². The third kappa shape index (κ3) is 8.99. The Bertz CT molecular complexity index is 846. The van der Waals surface area contributed by atoms with Crippen molar-refractivity contribution in [1.29, 1.82) is 0 Å². The molecule has 0 saturated heterocycles. The number of nitrogens with one attached hydrogen (secondary N) is 2. The smallest absolute Gasteiger partial charge is 0.408 e. The van der Waals surface area contributed by atoms with E-state index in [4.69, 9.17) is 10.5 Å². The van der Waals surface area contributed by atoms with E-state index in [1.165, 1.54) is 29.2 Å². The normalized spacial score (nSPS) is 13.2. The van der Waals surface area contributed by atoms with Gasteiger partial charge in [0, 0.05) is 12.1 Å². The standard InChI is InChI=1S/C23H36N4O6/c1-13(2)25-20(30)19(15-8-10-16(28)11-9-15)27(14(3)4)21(31)17(12-18(24)29)26-22(32)33-23(5,6)7/h8-11,13-14,17,19,28H,12H2,1-7H3,(H2,24,29)(H,25,30)(H,26,32). The van der Waals surface area contributed by atoms with Crippen LogP contribution in [0.1, 0.15) is 66.5 Å². The van der Waals surface area contributed by atoms with Gasteiger partial charge in [-0.25, -0.2) is 4.79 Å². The average molecular weight is 465 g/mol. The maximum atomic E-state index is 13.6. The van der Waals surface area contributed by atoms with E-state index in [2.05, 4.69) is 10.6 Å². The lowest BCUT2D eigenvalue weighted by atomic mass is 10.00. The molecule has 0 spiro atoms. The minimum Gasteiger partial charge on any atom is -0.508 e. The molecule has 0 aromatic heterocycles. The molecule has 2 unspecified atom stereocenters. The molecule has 10 heteroatoms. The first-order chi connectivity index (χ1) is 15.1. The summed E-state index contributed by atoms with van der Waals surface area (Å²) in [5.41, 5.74) is 4.95. The van der Waals surface area contributed by atoms with Crippen LogP contribution in [-0.4, -0.2) is 57.5 Å². The zero-order valence-electron chi connectivity index (χ0n) is 20.3. The Hall–Kier alpha value is -3.30. The molecule has 0 radical (unpaired) electrons. The second kappa shape index (κ2) is 11.5. The number of ether oxygens (including phenoxy) is 1. The Labute approximate surface area is 194 Å². The number of rotatable bonds is 9. The average Bonchev–Trinajstić information content (AvgIpc) is 2.63. The lowest BCUT2D eigenvalue weighted by Gasteiger charge is -2.37. The number of aromatic hydroxyl groups is 1. The number of amides is 4. The number of carbonyl (C=O) groups is 4. The van der Waals surface area contributed by atoms with Crippen molar-refractivity contribution in [3.05, 3.63) is 29.8 Å². The van der Waals surface area contributed by atoms with Gasteiger partial charge >= 0.3 is 6.09 Å². The first kappa shape index (κ1) is 27.7. The van der Waals surface area contributed by atoms with Gasteiger partial charge in [0.05, 0.1) is 6.42 Å². The number of hydrogen-bond acceptors (Lipinski definition) is 6. The minimum atomic E-state index is -1.34. The SMILES string of the molecule is CC(C)NC(=O)C(c1ccc(O)cc1)N(C(=O)C(CC(N)=O)NC(=O)OC(C)(C)C)C(C)C. The molecule has 0 aliphatic rings. The van der Waals surface area contributed by atoms with Crippen molar-refractivity contribution in [1.82, 2.24) is 15.5 Å². The topological polar surface area (TPSA) is 151 Å². The first-order valence-corrected chi connectivity index (χ1v) is 10.8. The molecule has 0 fully saturated rings. The molecule has 10 nitrogen and oxygen atoms in total. The summed E-state index contributed by atoms with van der Waals surface area (Å²) in [6, 6.07) is 2.76. The second-order valence-corrected chi connectivity index (χ2v) is 9.37. The van der Waals surface area contributed by atoms with Crippen LogP contribution in [0, 0.1) is 0 Å². The molecule has 184 valence electrons. The van der Waals surface area contributed by atoms with Crippen LogP contribution in [0.3, 0.4) is 0 Å². The number of phenols is 1. The van der Waals surface area contributed by atoms with Gasteiger partial charge in [0.15, 0.2) is 0 Å². The maximum Gasteiger partial charge on any atom is 0.408 e. The zero-order chi connectivity index (χ0) is 25.5. The first-order valence-electron chi connectivity index (χ1n) is 10.8. The van der Waals surface area contributed by atoms with Gasteiger partial charge in [0.25, 0.3) is 0 Å². The van der Waals surface area contributed by atoms with E-state index in [1.807, 2.05) is 0 Å². The lowest BCUT2D eigenvalue weighted by Crippen LogP contribution is -2.56. The van der Waals surface area contributed by atoms with E-state index in [1.54, 1.807) is 48.5 Å². The van der Waals surface area contributed by atoms with Crippen LogP contribution in [-0.2, 0) is 19.1 Å². The van der Waals surface area contributed by atoms with E-state index < -0.39 is 54.0 Å². The molecular weight excluding hydrogens is 428 g/mol. The van der Waals surface area contributed by atoms with Crippen LogP contribution in [0.25, 0.3) is 0 Å². The van der Waals surface area contributed by atoms with Gasteiger partial charge in [0.1, 0.15) is 23.4 Å². The van der Waals surface area contributed by atoms with Crippen LogP contribution in [0.2, 0.25) is 0 Å². The summed E-state index contributed by atoms with van der Waals surface area (Å²) in [7, 11) is 0. The summed E-state index contributed by atoms with van der Waals surface area (Å²) < 4.78 is 5.22. The van der Waals surface area contributed by atoms with E-state index in [0.717, 1.165) is 0 Å². The molecule has 0 bridgehead atoms. The molecule has 0 aliphatic heterocycles. The fraction of sp³-hybridized carbons (Fsp3) is 0.565. The molecule has 0 aliphatic carbocycles. The number of nitrogens with two attached hydrogens (primary N) is 1. The Morgan fingerprint density at radius 3 is 2.00 bits per heavy atom. The van der Waals surface area contributed by atoms with Crippen LogP contribution >= 0.6 is 0 Å².